The average molecular weight is 397 g/mol. The second kappa shape index (κ2) is 12.5. The molecule has 28 heavy (non-hydrogen) atoms. The lowest BCUT2D eigenvalue weighted by Crippen LogP contribution is -2.47. The summed E-state index contributed by atoms with van der Waals surface area (Å²) in [5.41, 5.74) is 0. The lowest BCUT2D eigenvalue weighted by atomic mass is 10.00. The smallest absolute Gasteiger partial charge is 0.0595 e. The van der Waals surface area contributed by atoms with Gasteiger partial charge in [-0.15, -0.1) is 0 Å². The van der Waals surface area contributed by atoms with E-state index >= 15 is 0 Å². The molecular weight excluding hydrogens is 352 g/mol. The first kappa shape index (κ1) is 22.4. The van der Waals surface area contributed by atoms with Crippen molar-refractivity contribution >= 4 is 0 Å². The summed E-state index contributed by atoms with van der Waals surface area (Å²) in [6, 6.07) is 1.68. The minimum absolute atomic E-state index is 0.521. The topological polar surface area (TPSA) is 49.0 Å². The summed E-state index contributed by atoms with van der Waals surface area (Å²) in [4.78, 5) is 5.33. The molecule has 6 nitrogen and oxygen atoms in total. The van der Waals surface area contributed by atoms with E-state index in [0.29, 0.717) is 12.2 Å². The molecule has 0 unspecified atom stereocenters. The van der Waals surface area contributed by atoms with Gasteiger partial charge in [0.15, 0.2) is 0 Å². The highest BCUT2D eigenvalue weighted by Crippen LogP contribution is 2.20. The Labute approximate surface area is 172 Å². The number of nitrogens with zero attached hydrogens (tertiary/aromatic N) is 2. The van der Waals surface area contributed by atoms with Crippen LogP contribution in [-0.2, 0) is 9.47 Å². The second-order valence-corrected chi connectivity index (χ2v) is 8.90. The van der Waals surface area contributed by atoms with E-state index < -0.39 is 0 Å². The highest BCUT2D eigenvalue weighted by atomic mass is 16.5. The molecule has 0 aromatic rings. The van der Waals surface area contributed by atoms with E-state index in [1.165, 1.54) is 104 Å². The zero-order valence-corrected chi connectivity index (χ0v) is 18.3. The van der Waals surface area contributed by atoms with Gasteiger partial charge >= 0.3 is 0 Å². The first-order valence-electron chi connectivity index (χ1n) is 11.7. The van der Waals surface area contributed by atoms with Gasteiger partial charge in [-0.25, -0.2) is 0 Å². The average Bonchev–Trinajstić information content (AvgIpc) is 2.81. The van der Waals surface area contributed by atoms with Gasteiger partial charge in [-0.1, -0.05) is 0 Å². The molecule has 0 bridgehead atoms. The Kier molecular flexibility index (Phi) is 9.98. The molecule has 4 heterocycles. The highest BCUT2D eigenvalue weighted by molar-refractivity contribution is 4.83. The molecular formula is C22H44N4O2. The van der Waals surface area contributed by atoms with Crippen molar-refractivity contribution in [2.45, 2.75) is 75.7 Å². The van der Waals surface area contributed by atoms with E-state index in [-0.39, 0.29) is 0 Å². The Balaban J connectivity index is 0.000000161. The highest BCUT2D eigenvalue weighted by Gasteiger charge is 2.26. The standard InChI is InChI=1S/2C11H22N2O/c2*1-14-11-4-8-13(9-5-11)10-2-6-12-7-3-10/h2*10-12H,2-9H2,1H3. The van der Waals surface area contributed by atoms with Crippen molar-refractivity contribution in [2.75, 3.05) is 66.6 Å². The second-order valence-electron chi connectivity index (χ2n) is 8.90. The maximum atomic E-state index is 5.39. The van der Waals surface area contributed by atoms with Crippen LogP contribution in [0.3, 0.4) is 0 Å². The predicted molar refractivity (Wildman–Crippen MR) is 115 cm³/mol. The first-order chi connectivity index (χ1) is 13.8. The molecule has 164 valence electrons. The van der Waals surface area contributed by atoms with Gasteiger partial charge in [0.1, 0.15) is 0 Å². The summed E-state index contributed by atoms with van der Waals surface area (Å²) in [5.74, 6) is 0. The van der Waals surface area contributed by atoms with E-state index in [1.807, 2.05) is 14.2 Å². The number of ether oxygens (including phenoxy) is 2. The molecule has 4 aliphatic rings. The molecule has 6 heteroatoms. The van der Waals surface area contributed by atoms with Crippen LogP contribution in [0.2, 0.25) is 0 Å². The number of hydrogen-bond donors (Lipinski definition) is 2. The number of methoxy groups -OCH3 is 2. The number of likely N-dealkylation sites (tertiary alicyclic amines) is 2. The molecule has 4 rings (SSSR count). The van der Waals surface area contributed by atoms with Crippen LogP contribution in [0.1, 0.15) is 51.4 Å². The summed E-state index contributed by atoms with van der Waals surface area (Å²) < 4.78 is 10.8. The number of nitrogens with one attached hydrogen (secondary N) is 2. The van der Waals surface area contributed by atoms with E-state index in [0.717, 1.165) is 12.1 Å². The van der Waals surface area contributed by atoms with Gasteiger partial charge in [-0.3, -0.25) is 0 Å². The Hall–Kier alpha value is -0.240. The molecule has 4 fully saturated rings. The Bertz CT molecular complexity index is 359. The van der Waals surface area contributed by atoms with Crippen molar-refractivity contribution in [2.24, 2.45) is 0 Å². The molecule has 4 aliphatic heterocycles. The van der Waals surface area contributed by atoms with E-state index in [9.17, 15) is 0 Å². The predicted octanol–water partition coefficient (Wildman–Crippen LogP) is 1.70. The number of hydrogen-bond acceptors (Lipinski definition) is 6. The summed E-state index contributed by atoms with van der Waals surface area (Å²) in [5, 5.41) is 6.84. The van der Waals surface area contributed by atoms with Crippen molar-refractivity contribution in [1.82, 2.24) is 20.4 Å². The van der Waals surface area contributed by atoms with E-state index in [4.69, 9.17) is 9.47 Å². The largest absolute Gasteiger partial charge is 0.381 e. The van der Waals surface area contributed by atoms with Crippen molar-refractivity contribution in [3.05, 3.63) is 0 Å². The molecule has 0 saturated carbocycles. The van der Waals surface area contributed by atoms with Crippen LogP contribution in [0.5, 0.6) is 0 Å². The summed E-state index contributed by atoms with van der Waals surface area (Å²) in [6.07, 6.45) is 11.3. The fraction of sp³-hybridized carbons (Fsp3) is 1.00. The molecule has 0 aromatic carbocycles. The normalized spacial score (nSPS) is 28.1. The Morgan fingerprint density at radius 2 is 0.857 bits per heavy atom. The zero-order chi connectivity index (χ0) is 19.6. The Morgan fingerprint density at radius 3 is 1.14 bits per heavy atom. The minimum atomic E-state index is 0.521. The molecule has 0 amide bonds. The van der Waals surface area contributed by atoms with Gasteiger partial charge in [0, 0.05) is 52.5 Å². The Morgan fingerprint density at radius 1 is 0.536 bits per heavy atom. The van der Waals surface area contributed by atoms with Crippen LogP contribution in [0.4, 0.5) is 0 Å². The first-order valence-corrected chi connectivity index (χ1v) is 11.7. The van der Waals surface area contributed by atoms with Crippen LogP contribution in [-0.4, -0.2) is 101 Å². The van der Waals surface area contributed by atoms with E-state index in [2.05, 4.69) is 20.4 Å². The van der Waals surface area contributed by atoms with Crippen LogP contribution >= 0.6 is 0 Å². The lowest BCUT2D eigenvalue weighted by molar-refractivity contribution is 0.0221. The van der Waals surface area contributed by atoms with Crippen molar-refractivity contribution in [3.63, 3.8) is 0 Å². The molecule has 0 radical (unpaired) electrons. The van der Waals surface area contributed by atoms with Gasteiger partial charge < -0.3 is 29.9 Å². The molecule has 0 spiro atoms. The van der Waals surface area contributed by atoms with Crippen LogP contribution in [0.15, 0.2) is 0 Å². The van der Waals surface area contributed by atoms with Gasteiger partial charge in [0.2, 0.25) is 0 Å². The molecule has 0 atom stereocenters. The fourth-order valence-electron chi connectivity index (χ4n) is 5.30. The molecule has 4 saturated heterocycles. The van der Waals surface area contributed by atoms with Crippen molar-refractivity contribution < 1.29 is 9.47 Å². The summed E-state index contributed by atoms with van der Waals surface area (Å²) >= 11 is 0. The van der Waals surface area contributed by atoms with Gasteiger partial charge in [0.25, 0.3) is 0 Å². The van der Waals surface area contributed by atoms with Crippen molar-refractivity contribution in [1.29, 1.82) is 0 Å². The van der Waals surface area contributed by atoms with Crippen LogP contribution < -0.4 is 10.6 Å². The lowest BCUT2D eigenvalue weighted by Gasteiger charge is -2.39. The van der Waals surface area contributed by atoms with Gasteiger partial charge in [-0.2, -0.15) is 0 Å². The van der Waals surface area contributed by atoms with E-state index in [1.54, 1.807) is 0 Å². The third-order valence-corrected chi connectivity index (χ3v) is 7.27. The molecule has 2 N–H and O–H groups in total. The fourth-order valence-corrected chi connectivity index (χ4v) is 5.30. The number of piperidine rings is 4. The van der Waals surface area contributed by atoms with Crippen LogP contribution in [0.25, 0.3) is 0 Å². The maximum Gasteiger partial charge on any atom is 0.0595 e. The quantitative estimate of drug-likeness (QED) is 0.754. The minimum Gasteiger partial charge on any atom is -0.381 e. The maximum absolute atomic E-state index is 5.39. The zero-order valence-electron chi connectivity index (χ0n) is 18.3. The summed E-state index contributed by atoms with van der Waals surface area (Å²) in [6.45, 7) is 9.77. The number of rotatable bonds is 4. The van der Waals surface area contributed by atoms with Gasteiger partial charge in [0.05, 0.1) is 12.2 Å². The van der Waals surface area contributed by atoms with Crippen molar-refractivity contribution in [3.8, 4) is 0 Å². The van der Waals surface area contributed by atoms with Gasteiger partial charge in [-0.05, 0) is 77.5 Å². The SMILES string of the molecule is COC1CCN(C2CCNCC2)CC1.COC1CCN(C2CCNCC2)CC1. The third-order valence-electron chi connectivity index (χ3n) is 7.27. The molecule has 0 aromatic heterocycles. The molecule has 0 aliphatic carbocycles. The monoisotopic (exact) mass is 396 g/mol. The van der Waals surface area contributed by atoms with Crippen LogP contribution in [0, 0.1) is 0 Å². The third kappa shape index (κ3) is 6.92. The summed E-state index contributed by atoms with van der Waals surface area (Å²) in [7, 11) is 3.68.